The second-order valence-corrected chi connectivity index (χ2v) is 12.0. The molecule has 1 heterocycles. The maximum atomic E-state index is 12.1. The Labute approximate surface area is 213 Å². The van der Waals surface area contributed by atoms with Crippen LogP contribution >= 0.6 is 0 Å². The van der Waals surface area contributed by atoms with Gasteiger partial charge in [-0.25, -0.2) is 0 Å². The van der Waals surface area contributed by atoms with E-state index in [1.54, 1.807) is 0 Å². The Morgan fingerprint density at radius 3 is 2.15 bits per heavy atom. The molecule has 1 rings (SSSR count). The molecule has 0 aromatic rings. The highest BCUT2D eigenvalue weighted by Crippen LogP contribution is 2.26. The summed E-state index contributed by atoms with van der Waals surface area (Å²) >= 11 is 0. The third kappa shape index (κ3) is 15.4. The van der Waals surface area contributed by atoms with Crippen LogP contribution in [0.15, 0.2) is 0 Å². The second-order valence-electron chi connectivity index (χ2n) is 12.0. The highest BCUT2D eigenvalue weighted by molar-refractivity contribution is 5.69. The van der Waals surface area contributed by atoms with Crippen LogP contribution < -0.4 is 0 Å². The van der Waals surface area contributed by atoms with E-state index in [9.17, 15) is 4.79 Å². The minimum Gasteiger partial charge on any atom is -0.466 e. The molecular formula is C30H60N2O2. The van der Waals surface area contributed by atoms with E-state index in [1.807, 2.05) is 0 Å². The molecule has 0 aliphatic carbocycles. The number of carbonyl (C=O) groups is 1. The fraction of sp³-hybridized carbons (Fsp3) is 0.967. The number of likely N-dealkylation sites (tertiary alicyclic amines) is 1. The zero-order chi connectivity index (χ0) is 25.2. The van der Waals surface area contributed by atoms with Crippen molar-refractivity contribution in [2.24, 2.45) is 11.8 Å². The van der Waals surface area contributed by atoms with Gasteiger partial charge < -0.3 is 9.64 Å². The molecule has 0 bridgehead atoms. The fourth-order valence-corrected chi connectivity index (χ4v) is 5.30. The molecular weight excluding hydrogens is 420 g/mol. The number of piperidine rings is 1. The number of nitrogens with zero attached hydrogens (tertiary/aromatic N) is 2. The third-order valence-electron chi connectivity index (χ3n) is 7.67. The Bertz CT molecular complexity index is 495. The van der Waals surface area contributed by atoms with Crippen molar-refractivity contribution in [1.29, 1.82) is 0 Å². The SMILES string of the molecule is CCCCCCCCCN(CCCOC(=O)CC(C)CCC)CCC1CCN(C(C)(C)C)CC1. The lowest BCUT2D eigenvalue weighted by molar-refractivity contribution is -0.144. The first-order valence-corrected chi connectivity index (χ1v) is 14.9. The van der Waals surface area contributed by atoms with Crippen molar-refractivity contribution in [3.63, 3.8) is 0 Å². The van der Waals surface area contributed by atoms with Crippen molar-refractivity contribution in [1.82, 2.24) is 9.80 Å². The van der Waals surface area contributed by atoms with Crippen molar-refractivity contribution >= 4 is 5.97 Å². The molecule has 0 amide bonds. The van der Waals surface area contributed by atoms with Crippen LogP contribution in [0.1, 0.15) is 131 Å². The molecule has 1 atom stereocenters. The summed E-state index contributed by atoms with van der Waals surface area (Å²) in [6.45, 7) is 20.2. The van der Waals surface area contributed by atoms with E-state index in [-0.39, 0.29) is 5.97 Å². The van der Waals surface area contributed by atoms with E-state index in [2.05, 4.69) is 51.3 Å². The van der Waals surface area contributed by atoms with E-state index in [0.29, 0.717) is 24.5 Å². The molecule has 0 aromatic heterocycles. The number of carbonyl (C=O) groups excluding carboxylic acids is 1. The van der Waals surface area contributed by atoms with Gasteiger partial charge in [0.2, 0.25) is 0 Å². The summed E-state index contributed by atoms with van der Waals surface area (Å²) in [4.78, 5) is 17.4. The largest absolute Gasteiger partial charge is 0.466 e. The molecule has 1 aliphatic heterocycles. The van der Waals surface area contributed by atoms with Gasteiger partial charge in [0.15, 0.2) is 0 Å². The summed E-state index contributed by atoms with van der Waals surface area (Å²) in [5.41, 5.74) is 0.305. The lowest BCUT2D eigenvalue weighted by Crippen LogP contribution is -2.46. The van der Waals surface area contributed by atoms with Crippen LogP contribution in [-0.2, 0) is 9.53 Å². The molecule has 202 valence electrons. The molecule has 1 fully saturated rings. The number of unbranched alkanes of at least 4 members (excludes halogenated alkanes) is 6. The van der Waals surface area contributed by atoms with Gasteiger partial charge >= 0.3 is 5.97 Å². The van der Waals surface area contributed by atoms with E-state index < -0.39 is 0 Å². The van der Waals surface area contributed by atoms with Gasteiger partial charge in [-0.2, -0.15) is 0 Å². The van der Waals surface area contributed by atoms with Gasteiger partial charge in [0.05, 0.1) is 6.61 Å². The Morgan fingerprint density at radius 2 is 1.53 bits per heavy atom. The first-order chi connectivity index (χ1) is 16.3. The number of hydrogen-bond donors (Lipinski definition) is 0. The van der Waals surface area contributed by atoms with Gasteiger partial charge in [0, 0.05) is 18.5 Å². The topological polar surface area (TPSA) is 32.8 Å². The van der Waals surface area contributed by atoms with E-state index in [0.717, 1.165) is 31.7 Å². The van der Waals surface area contributed by atoms with Crippen molar-refractivity contribution in [2.75, 3.05) is 39.3 Å². The first kappa shape index (κ1) is 31.4. The summed E-state index contributed by atoms with van der Waals surface area (Å²) < 4.78 is 5.56. The monoisotopic (exact) mass is 480 g/mol. The lowest BCUT2D eigenvalue weighted by Gasteiger charge is -2.41. The Kier molecular flexibility index (Phi) is 17.2. The van der Waals surface area contributed by atoms with E-state index in [4.69, 9.17) is 4.74 Å². The molecule has 1 saturated heterocycles. The van der Waals surface area contributed by atoms with Crippen molar-refractivity contribution in [3.8, 4) is 0 Å². The average molecular weight is 481 g/mol. The molecule has 1 unspecified atom stereocenters. The number of esters is 1. The van der Waals surface area contributed by atoms with Crippen LogP contribution in [0.4, 0.5) is 0 Å². The maximum absolute atomic E-state index is 12.1. The lowest BCUT2D eigenvalue weighted by atomic mass is 9.90. The zero-order valence-electron chi connectivity index (χ0n) is 24.0. The fourth-order valence-electron chi connectivity index (χ4n) is 5.30. The molecule has 0 N–H and O–H groups in total. The standard InChI is InChI=1S/C30H60N2O2/c1-7-9-10-11-12-13-14-20-31(21-15-25-34-29(33)26-27(3)16-8-2)22-17-28-18-23-32(24-19-28)30(4,5)6/h27-28H,7-26H2,1-6H3. The minimum atomic E-state index is -0.00909. The quantitative estimate of drug-likeness (QED) is 0.140. The smallest absolute Gasteiger partial charge is 0.306 e. The maximum Gasteiger partial charge on any atom is 0.306 e. The van der Waals surface area contributed by atoms with Gasteiger partial charge in [-0.05, 0) is 90.9 Å². The van der Waals surface area contributed by atoms with Crippen molar-refractivity contribution < 1.29 is 9.53 Å². The van der Waals surface area contributed by atoms with Gasteiger partial charge in [-0.15, -0.1) is 0 Å². The molecule has 0 radical (unpaired) electrons. The van der Waals surface area contributed by atoms with E-state index >= 15 is 0 Å². The first-order valence-electron chi connectivity index (χ1n) is 14.9. The van der Waals surface area contributed by atoms with Gasteiger partial charge in [0.25, 0.3) is 0 Å². The Morgan fingerprint density at radius 1 is 0.912 bits per heavy atom. The summed E-state index contributed by atoms with van der Waals surface area (Å²) in [7, 11) is 0. The predicted octanol–water partition coefficient (Wildman–Crippen LogP) is 7.70. The van der Waals surface area contributed by atoms with Gasteiger partial charge in [0.1, 0.15) is 0 Å². The highest BCUT2D eigenvalue weighted by atomic mass is 16.5. The van der Waals surface area contributed by atoms with Crippen molar-refractivity contribution in [2.45, 2.75) is 137 Å². The van der Waals surface area contributed by atoms with Crippen LogP contribution in [0.3, 0.4) is 0 Å². The molecule has 4 heteroatoms. The molecule has 0 aromatic carbocycles. The van der Waals surface area contributed by atoms with E-state index in [1.165, 1.54) is 90.4 Å². The molecule has 0 saturated carbocycles. The summed E-state index contributed by atoms with van der Waals surface area (Å²) in [5, 5.41) is 0. The molecule has 0 spiro atoms. The van der Waals surface area contributed by atoms with Crippen LogP contribution in [0.2, 0.25) is 0 Å². The molecule has 4 nitrogen and oxygen atoms in total. The van der Waals surface area contributed by atoms with Crippen molar-refractivity contribution in [3.05, 3.63) is 0 Å². The summed E-state index contributed by atoms with van der Waals surface area (Å²) in [6.07, 6.45) is 17.3. The second kappa shape index (κ2) is 18.6. The zero-order valence-corrected chi connectivity index (χ0v) is 24.0. The van der Waals surface area contributed by atoms with Crippen LogP contribution in [0, 0.1) is 11.8 Å². The van der Waals surface area contributed by atoms with Crippen LogP contribution in [0.5, 0.6) is 0 Å². The van der Waals surface area contributed by atoms with Gasteiger partial charge in [-0.1, -0.05) is 72.1 Å². The highest BCUT2D eigenvalue weighted by Gasteiger charge is 2.27. The minimum absolute atomic E-state index is 0.00909. The summed E-state index contributed by atoms with van der Waals surface area (Å²) in [5.74, 6) is 1.30. The molecule has 34 heavy (non-hydrogen) atoms. The third-order valence-corrected chi connectivity index (χ3v) is 7.67. The predicted molar refractivity (Wildman–Crippen MR) is 147 cm³/mol. The number of hydrogen-bond acceptors (Lipinski definition) is 4. The average Bonchev–Trinajstić information content (AvgIpc) is 2.78. The van der Waals surface area contributed by atoms with Crippen LogP contribution in [-0.4, -0.2) is 60.6 Å². The Balaban J connectivity index is 2.34. The van der Waals surface area contributed by atoms with Crippen LogP contribution in [0.25, 0.3) is 0 Å². The summed E-state index contributed by atoms with van der Waals surface area (Å²) in [6, 6.07) is 0. The normalized spacial score (nSPS) is 16.8. The molecule has 1 aliphatic rings. The number of rotatable bonds is 19. The Hall–Kier alpha value is -0.610. The number of ether oxygens (including phenoxy) is 1. The van der Waals surface area contributed by atoms with Gasteiger partial charge in [-0.3, -0.25) is 9.69 Å².